The van der Waals surface area contributed by atoms with Crippen LogP contribution in [0, 0.1) is 11.3 Å². The normalized spacial score (nSPS) is 17.7. The van der Waals surface area contributed by atoms with Crippen LogP contribution < -0.4 is 0 Å². The Labute approximate surface area is 156 Å². The van der Waals surface area contributed by atoms with Crippen LogP contribution in [0.5, 0.6) is 0 Å². The highest BCUT2D eigenvalue weighted by Crippen LogP contribution is 2.47. The molecule has 0 aliphatic carbocycles. The number of aromatic nitrogens is 1. The number of pyridine rings is 1. The van der Waals surface area contributed by atoms with Gasteiger partial charge in [0, 0.05) is 18.0 Å². The standard InChI is InChI=1S/C20H20FN3O3/c1-13(2)15-3-5-16(6-4-15)20(27,17-7-14(8-22)9-23-10-17)19(21)11-24(12-19)18(25)26/h3-7,9-10,13,27H,11-12H2,1-2H3,(H,25,26)/t20-/m0/s1. The summed E-state index contributed by atoms with van der Waals surface area (Å²) < 4.78 is 15.8. The number of nitrogens with zero attached hydrogens (tertiary/aromatic N) is 3. The number of carbonyl (C=O) groups is 1. The number of nitriles is 1. The van der Waals surface area contributed by atoms with Crippen LogP contribution in [0.25, 0.3) is 0 Å². The molecule has 1 aromatic carbocycles. The second-order valence-corrected chi connectivity index (χ2v) is 7.17. The van der Waals surface area contributed by atoms with Gasteiger partial charge in [0.05, 0.1) is 18.7 Å². The maximum absolute atomic E-state index is 15.8. The van der Waals surface area contributed by atoms with Crippen LogP contribution in [0.1, 0.15) is 42.0 Å². The molecular formula is C20H20FN3O3. The Bertz CT molecular complexity index is 901. The van der Waals surface area contributed by atoms with Gasteiger partial charge in [-0.3, -0.25) is 4.98 Å². The van der Waals surface area contributed by atoms with Crippen molar-refractivity contribution in [3.8, 4) is 6.07 Å². The van der Waals surface area contributed by atoms with E-state index in [0.29, 0.717) is 0 Å². The molecule has 2 N–H and O–H groups in total. The van der Waals surface area contributed by atoms with Crippen molar-refractivity contribution in [3.63, 3.8) is 0 Å². The van der Waals surface area contributed by atoms with E-state index in [1.54, 1.807) is 12.1 Å². The van der Waals surface area contributed by atoms with Gasteiger partial charge in [0.25, 0.3) is 0 Å². The van der Waals surface area contributed by atoms with Gasteiger partial charge >= 0.3 is 6.09 Å². The van der Waals surface area contributed by atoms with Crippen LogP contribution in [0.2, 0.25) is 0 Å². The molecule has 1 aliphatic rings. The molecule has 1 aliphatic heterocycles. The smallest absolute Gasteiger partial charge is 0.407 e. The Balaban J connectivity index is 2.12. The lowest BCUT2D eigenvalue weighted by atomic mass is 9.70. The van der Waals surface area contributed by atoms with Crippen LogP contribution in [0.4, 0.5) is 9.18 Å². The second kappa shape index (κ2) is 6.63. The van der Waals surface area contributed by atoms with Gasteiger partial charge in [0.2, 0.25) is 0 Å². The minimum Gasteiger partial charge on any atom is -0.465 e. The molecule has 1 amide bonds. The fourth-order valence-electron chi connectivity index (χ4n) is 3.42. The molecule has 1 atom stereocenters. The summed E-state index contributed by atoms with van der Waals surface area (Å²) in [7, 11) is 0. The van der Waals surface area contributed by atoms with E-state index in [0.717, 1.165) is 10.5 Å². The number of hydrogen-bond acceptors (Lipinski definition) is 4. The number of likely N-dealkylation sites (tertiary alicyclic amines) is 1. The van der Waals surface area contributed by atoms with Gasteiger partial charge in [-0.05, 0) is 23.1 Å². The summed E-state index contributed by atoms with van der Waals surface area (Å²) in [6.45, 7) is 3.10. The van der Waals surface area contributed by atoms with Gasteiger partial charge in [-0.25, -0.2) is 9.18 Å². The Hall–Kier alpha value is -2.98. The van der Waals surface area contributed by atoms with E-state index in [4.69, 9.17) is 10.4 Å². The van der Waals surface area contributed by atoms with Gasteiger partial charge in [-0.1, -0.05) is 38.1 Å². The van der Waals surface area contributed by atoms with Gasteiger partial charge < -0.3 is 15.1 Å². The van der Waals surface area contributed by atoms with Crippen molar-refractivity contribution in [3.05, 3.63) is 65.0 Å². The number of halogens is 1. The first-order valence-electron chi connectivity index (χ1n) is 8.56. The summed E-state index contributed by atoms with van der Waals surface area (Å²) in [6.07, 6.45) is 1.38. The van der Waals surface area contributed by atoms with Crippen molar-refractivity contribution in [1.29, 1.82) is 5.26 Å². The predicted molar refractivity (Wildman–Crippen MR) is 95.9 cm³/mol. The minimum atomic E-state index is -2.24. The lowest BCUT2D eigenvalue weighted by Crippen LogP contribution is -2.70. The summed E-state index contributed by atoms with van der Waals surface area (Å²) in [4.78, 5) is 15.9. The number of alkyl halides is 1. The molecule has 2 heterocycles. The summed E-state index contributed by atoms with van der Waals surface area (Å²) in [6, 6.07) is 10.2. The molecule has 0 bridgehead atoms. The molecule has 2 aromatic rings. The Morgan fingerprint density at radius 3 is 2.44 bits per heavy atom. The second-order valence-electron chi connectivity index (χ2n) is 7.17. The first-order valence-corrected chi connectivity index (χ1v) is 8.56. The fourth-order valence-corrected chi connectivity index (χ4v) is 3.42. The quantitative estimate of drug-likeness (QED) is 0.863. The van der Waals surface area contributed by atoms with E-state index in [2.05, 4.69) is 4.98 Å². The van der Waals surface area contributed by atoms with Crippen molar-refractivity contribution in [1.82, 2.24) is 9.88 Å². The molecule has 27 heavy (non-hydrogen) atoms. The van der Waals surface area contributed by atoms with E-state index in [-0.39, 0.29) is 22.6 Å². The Kier molecular flexibility index (Phi) is 4.62. The minimum absolute atomic E-state index is 0.117. The molecule has 140 valence electrons. The van der Waals surface area contributed by atoms with Crippen LogP contribution in [-0.4, -0.2) is 44.9 Å². The summed E-state index contributed by atoms with van der Waals surface area (Å²) >= 11 is 0. The van der Waals surface area contributed by atoms with Crippen molar-refractivity contribution in [2.24, 2.45) is 0 Å². The van der Waals surface area contributed by atoms with Crippen molar-refractivity contribution < 1.29 is 19.4 Å². The van der Waals surface area contributed by atoms with Crippen LogP contribution in [-0.2, 0) is 5.60 Å². The average Bonchev–Trinajstić information content (AvgIpc) is 2.64. The van der Waals surface area contributed by atoms with Crippen LogP contribution in [0.15, 0.2) is 42.7 Å². The van der Waals surface area contributed by atoms with Gasteiger partial charge in [0.15, 0.2) is 11.3 Å². The van der Waals surface area contributed by atoms with E-state index < -0.39 is 30.5 Å². The number of benzene rings is 1. The average molecular weight is 369 g/mol. The number of carboxylic acid groups (broad SMARTS) is 1. The molecule has 1 aromatic heterocycles. The first-order chi connectivity index (χ1) is 12.7. The SMILES string of the molecule is CC(C)c1ccc([C@](O)(c2cncc(C#N)c2)C2(F)CN(C(=O)O)C2)cc1. The molecule has 1 fully saturated rings. The summed E-state index contributed by atoms with van der Waals surface area (Å²) in [5.74, 6) is 0.265. The highest BCUT2D eigenvalue weighted by molar-refractivity contribution is 5.67. The lowest BCUT2D eigenvalue weighted by molar-refractivity contribution is -0.150. The van der Waals surface area contributed by atoms with Crippen molar-refractivity contribution in [2.75, 3.05) is 13.1 Å². The van der Waals surface area contributed by atoms with E-state index in [9.17, 15) is 9.90 Å². The molecule has 0 radical (unpaired) electrons. The monoisotopic (exact) mass is 369 g/mol. The highest BCUT2D eigenvalue weighted by atomic mass is 19.1. The van der Waals surface area contributed by atoms with Gasteiger partial charge in [0.1, 0.15) is 6.07 Å². The zero-order valence-electron chi connectivity index (χ0n) is 15.1. The van der Waals surface area contributed by atoms with Crippen LogP contribution in [0.3, 0.4) is 0 Å². The Morgan fingerprint density at radius 2 is 1.93 bits per heavy atom. The van der Waals surface area contributed by atoms with Crippen molar-refractivity contribution in [2.45, 2.75) is 31.0 Å². The summed E-state index contributed by atoms with van der Waals surface area (Å²) in [5.41, 5.74) is -2.75. The molecule has 1 saturated heterocycles. The maximum Gasteiger partial charge on any atom is 0.407 e. The molecule has 3 rings (SSSR count). The van der Waals surface area contributed by atoms with Gasteiger partial charge in [-0.15, -0.1) is 0 Å². The molecule has 0 saturated carbocycles. The molecule has 0 spiro atoms. The van der Waals surface area contributed by atoms with E-state index in [1.165, 1.54) is 18.5 Å². The zero-order chi connectivity index (χ0) is 19.8. The van der Waals surface area contributed by atoms with E-state index in [1.807, 2.05) is 32.0 Å². The summed E-state index contributed by atoms with van der Waals surface area (Å²) in [5, 5.41) is 29.7. The predicted octanol–water partition coefficient (Wildman–Crippen LogP) is 3.01. The van der Waals surface area contributed by atoms with Gasteiger partial charge in [-0.2, -0.15) is 5.26 Å². The maximum atomic E-state index is 15.8. The third-order valence-corrected chi connectivity index (χ3v) is 5.08. The fraction of sp³-hybridized carbons (Fsp3) is 0.350. The number of rotatable bonds is 4. The van der Waals surface area contributed by atoms with E-state index >= 15 is 4.39 Å². The Morgan fingerprint density at radius 1 is 1.30 bits per heavy atom. The zero-order valence-corrected chi connectivity index (χ0v) is 15.1. The number of aliphatic hydroxyl groups is 1. The number of amides is 1. The number of hydrogen-bond donors (Lipinski definition) is 2. The third-order valence-electron chi connectivity index (χ3n) is 5.08. The largest absolute Gasteiger partial charge is 0.465 e. The molecular weight excluding hydrogens is 349 g/mol. The highest BCUT2D eigenvalue weighted by Gasteiger charge is 2.62. The first kappa shape index (κ1) is 18.8. The third kappa shape index (κ3) is 3.02. The molecule has 7 heteroatoms. The molecule has 6 nitrogen and oxygen atoms in total. The van der Waals surface area contributed by atoms with Crippen molar-refractivity contribution >= 4 is 6.09 Å². The lowest BCUT2D eigenvalue weighted by Gasteiger charge is -2.51. The van der Waals surface area contributed by atoms with Crippen LogP contribution >= 0.6 is 0 Å². The molecule has 0 unspecified atom stereocenters. The topological polar surface area (TPSA) is 97.5 Å².